The normalized spacial score (nSPS) is 12.3. The quantitative estimate of drug-likeness (QED) is 0.754. The Kier molecular flexibility index (Phi) is 4.76. The van der Waals surface area contributed by atoms with Crippen LogP contribution in [0.2, 0.25) is 0 Å². The first kappa shape index (κ1) is 16.4. The van der Waals surface area contributed by atoms with Crippen LogP contribution in [0.5, 0.6) is 0 Å². The van der Waals surface area contributed by atoms with Crippen LogP contribution in [0.15, 0.2) is 45.6 Å². The fourth-order valence-electron chi connectivity index (χ4n) is 2.31. The molecule has 1 atom stereocenters. The van der Waals surface area contributed by atoms with Gasteiger partial charge in [0.1, 0.15) is 6.04 Å². The fraction of sp³-hybridized carbons (Fsp3) is 0.278. The van der Waals surface area contributed by atoms with Gasteiger partial charge in [-0.25, -0.2) is 0 Å². The molecule has 0 saturated heterocycles. The smallest absolute Gasteiger partial charge is 0.251 e. The molecule has 2 heterocycles. The standard InChI is InChI=1S/C18H19N3O2S/c1-11(2)15(19-17(22)13-6-4-12(3)5-7-13)18-20-16(21-23-18)14-8-9-24-10-14/h4-11,15H,1-3H3,(H,19,22). The summed E-state index contributed by atoms with van der Waals surface area (Å²) in [6.45, 7) is 6.01. The number of rotatable bonds is 5. The summed E-state index contributed by atoms with van der Waals surface area (Å²) in [4.78, 5) is 16.9. The second-order valence-electron chi connectivity index (χ2n) is 6.03. The molecule has 0 saturated carbocycles. The van der Waals surface area contributed by atoms with Gasteiger partial charge in [0.25, 0.3) is 5.91 Å². The van der Waals surface area contributed by atoms with E-state index in [1.165, 1.54) is 0 Å². The van der Waals surface area contributed by atoms with Crippen LogP contribution in [0.25, 0.3) is 11.4 Å². The van der Waals surface area contributed by atoms with E-state index in [1.54, 1.807) is 11.3 Å². The van der Waals surface area contributed by atoms with E-state index in [4.69, 9.17) is 4.52 Å². The summed E-state index contributed by atoms with van der Waals surface area (Å²) in [5.74, 6) is 0.937. The van der Waals surface area contributed by atoms with E-state index in [0.717, 1.165) is 11.1 Å². The maximum absolute atomic E-state index is 12.5. The van der Waals surface area contributed by atoms with Gasteiger partial charge < -0.3 is 9.84 Å². The lowest BCUT2D eigenvalue weighted by Gasteiger charge is -2.18. The van der Waals surface area contributed by atoms with Crippen molar-refractivity contribution >= 4 is 17.2 Å². The first-order valence-corrected chi connectivity index (χ1v) is 8.72. The molecule has 2 aromatic heterocycles. The Labute approximate surface area is 144 Å². The van der Waals surface area contributed by atoms with E-state index in [9.17, 15) is 4.79 Å². The highest BCUT2D eigenvalue weighted by atomic mass is 32.1. The lowest BCUT2D eigenvalue weighted by Crippen LogP contribution is -2.32. The summed E-state index contributed by atoms with van der Waals surface area (Å²) in [7, 11) is 0. The Morgan fingerprint density at radius 3 is 2.58 bits per heavy atom. The van der Waals surface area contributed by atoms with Crippen LogP contribution in [0.1, 0.15) is 41.7 Å². The third-order valence-corrected chi connectivity index (χ3v) is 4.44. The van der Waals surface area contributed by atoms with Crippen LogP contribution in [-0.4, -0.2) is 16.0 Å². The number of nitrogens with zero attached hydrogens (tertiary/aromatic N) is 2. The summed E-state index contributed by atoms with van der Waals surface area (Å²) in [6, 6.07) is 9.06. The van der Waals surface area contributed by atoms with Crippen molar-refractivity contribution in [3.8, 4) is 11.4 Å². The number of carbonyl (C=O) groups is 1. The first-order valence-electron chi connectivity index (χ1n) is 7.78. The molecule has 0 spiro atoms. The van der Waals surface area contributed by atoms with Gasteiger partial charge in [-0.15, -0.1) is 0 Å². The summed E-state index contributed by atoms with van der Waals surface area (Å²) in [6.07, 6.45) is 0. The summed E-state index contributed by atoms with van der Waals surface area (Å²) < 4.78 is 5.40. The molecule has 0 radical (unpaired) electrons. The largest absolute Gasteiger partial charge is 0.340 e. The van der Waals surface area contributed by atoms with E-state index < -0.39 is 0 Å². The SMILES string of the molecule is Cc1ccc(C(=O)NC(c2nc(-c3ccsc3)no2)C(C)C)cc1. The second-order valence-corrected chi connectivity index (χ2v) is 6.81. The molecular weight excluding hydrogens is 322 g/mol. The molecule has 0 aliphatic rings. The molecule has 3 aromatic rings. The highest BCUT2D eigenvalue weighted by Crippen LogP contribution is 2.25. The maximum atomic E-state index is 12.5. The van der Waals surface area contributed by atoms with E-state index in [0.29, 0.717) is 17.3 Å². The third kappa shape index (κ3) is 3.54. The van der Waals surface area contributed by atoms with Gasteiger partial charge in [0.05, 0.1) is 0 Å². The van der Waals surface area contributed by atoms with Gasteiger partial charge in [-0.1, -0.05) is 36.7 Å². The van der Waals surface area contributed by atoms with Crippen molar-refractivity contribution in [3.63, 3.8) is 0 Å². The minimum Gasteiger partial charge on any atom is -0.340 e. The Morgan fingerprint density at radius 2 is 1.96 bits per heavy atom. The number of hydrogen-bond acceptors (Lipinski definition) is 5. The van der Waals surface area contributed by atoms with Crippen molar-refractivity contribution in [1.82, 2.24) is 15.5 Å². The number of aryl methyl sites for hydroxylation is 1. The molecule has 0 aliphatic carbocycles. The summed E-state index contributed by atoms with van der Waals surface area (Å²) in [5.41, 5.74) is 2.65. The van der Waals surface area contributed by atoms with Crippen molar-refractivity contribution < 1.29 is 9.32 Å². The highest BCUT2D eigenvalue weighted by molar-refractivity contribution is 7.08. The number of nitrogens with one attached hydrogen (secondary N) is 1. The number of hydrogen-bond donors (Lipinski definition) is 1. The van der Waals surface area contributed by atoms with E-state index in [-0.39, 0.29) is 17.9 Å². The van der Waals surface area contributed by atoms with Crippen molar-refractivity contribution in [3.05, 3.63) is 58.1 Å². The van der Waals surface area contributed by atoms with E-state index >= 15 is 0 Å². The zero-order valence-corrected chi connectivity index (χ0v) is 14.6. The van der Waals surface area contributed by atoms with Gasteiger partial charge in [0.2, 0.25) is 11.7 Å². The van der Waals surface area contributed by atoms with Gasteiger partial charge in [-0.05, 0) is 36.4 Å². The molecule has 5 nitrogen and oxygen atoms in total. The van der Waals surface area contributed by atoms with Gasteiger partial charge in [0.15, 0.2) is 0 Å². The van der Waals surface area contributed by atoms with Gasteiger partial charge in [0, 0.05) is 16.5 Å². The minimum absolute atomic E-state index is 0.121. The van der Waals surface area contributed by atoms with Crippen LogP contribution in [0, 0.1) is 12.8 Å². The molecule has 0 aliphatic heterocycles. The van der Waals surface area contributed by atoms with Gasteiger partial charge in [-0.2, -0.15) is 16.3 Å². The molecule has 0 fully saturated rings. The average molecular weight is 341 g/mol. The average Bonchev–Trinajstić information content (AvgIpc) is 3.23. The Morgan fingerprint density at radius 1 is 1.21 bits per heavy atom. The molecule has 1 amide bonds. The van der Waals surface area contributed by atoms with Gasteiger partial charge >= 0.3 is 0 Å². The number of carbonyl (C=O) groups excluding carboxylic acids is 1. The van der Waals surface area contributed by atoms with Crippen molar-refractivity contribution in [1.29, 1.82) is 0 Å². The lowest BCUT2D eigenvalue weighted by molar-refractivity contribution is 0.0914. The van der Waals surface area contributed by atoms with Crippen LogP contribution in [-0.2, 0) is 0 Å². The third-order valence-electron chi connectivity index (χ3n) is 3.75. The molecule has 1 unspecified atom stereocenters. The Balaban J connectivity index is 1.80. The van der Waals surface area contributed by atoms with E-state index in [2.05, 4.69) is 15.5 Å². The predicted octanol–water partition coefficient (Wildman–Crippen LogP) is 4.23. The fourth-order valence-corrected chi connectivity index (χ4v) is 2.95. The van der Waals surface area contributed by atoms with Crippen LogP contribution >= 0.6 is 11.3 Å². The lowest BCUT2D eigenvalue weighted by atomic mass is 10.0. The van der Waals surface area contributed by atoms with Gasteiger partial charge in [-0.3, -0.25) is 4.79 Å². The topological polar surface area (TPSA) is 68.0 Å². The number of aromatic nitrogens is 2. The monoisotopic (exact) mass is 341 g/mol. The molecule has 0 bridgehead atoms. The van der Waals surface area contributed by atoms with E-state index in [1.807, 2.05) is 61.9 Å². The van der Waals surface area contributed by atoms with Crippen molar-refractivity contribution in [2.75, 3.05) is 0 Å². The van der Waals surface area contributed by atoms with Crippen LogP contribution in [0.3, 0.4) is 0 Å². The zero-order chi connectivity index (χ0) is 17.1. The van der Waals surface area contributed by atoms with Crippen molar-refractivity contribution in [2.45, 2.75) is 26.8 Å². The van der Waals surface area contributed by atoms with Crippen LogP contribution < -0.4 is 5.32 Å². The number of thiophene rings is 1. The van der Waals surface area contributed by atoms with Crippen LogP contribution in [0.4, 0.5) is 0 Å². The second kappa shape index (κ2) is 6.97. The molecule has 1 aromatic carbocycles. The molecule has 1 N–H and O–H groups in total. The summed E-state index contributed by atoms with van der Waals surface area (Å²) in [5, 5.41) is 10.9. The maximum Gasteiger partial charge on any atom is 0.251 e. The number of benzene rings is 1. The zero-order valence-electron chi connectivity index (χ0n) is 13.8. The minimum atomic E-state index is -0.335. The predicted molar refractivity (Wildman–Crippen MR) is 93.8 cm³/mol. The highest BCUT2D eigenvalue weighted by Gasteiger charge is 2.25. The summed E-state index contributed by atoms with van der Waals surface area (Å²) >= 11 is 1.58. The van der Waals surface area contributed by atoms with Crippen molar-refractivity contribution in [2.24, 2.45) is 5.92 Å². The molecular formula is C18H19N3O2S. The molecule has 6 heteroatoms. The number of amides is 1. The molecule has 24 heavy (non-hydrogen) atoms. The first-order chi connectivity index (χ1) is 11.5. The Bertz CT molecular complexity index is 807. The Hall–Kier alpha value is -2.47. The molecule has 124 valence electrons. The molecule has 3 rings (SSSR count).